The van der Waals surface area contributed by atoms with Gasteiger partial charge in [-0.2, -0.15) is 0 Å². The molecule has 1 aliphatic carbocycles. The molecule has 0 aromatic carbocycles. The number of hydrogen-bond donors (Lipinski definition) is 1. The lowest BCUT2D eigenvalue weighted by Crippen LogP contribution is -2.35. The number of aromatic amines is 1. The van der Waals surface area contributed by atoms with Gasteiger partial charge in [-0.05, 0) is 47.5 Å². The summed E-state index contributed by atoms with van der Waals surface area (Å²) < 4.78 is 12.4. The van der Waals surface area contributed by atoms with E-state index in [1.165, 1.54) is 0 Å². The van der Waals surface area contributed by atoms with E-state index in [-0.39, 0.29) is 5.60 Å². The minimum Gasteiger partial charge on any atom is -0.378 e. The summed E-state index contributed by atoms with van der Waals surface area (Å²) in [5.74, 6) is 1.57. The molecule has 1 saturated carbocycles. The van der Waals surface area contributed by atoms with E-state index >= 15 is 0 Å². The van der Waals surface area contributed by atoms with Gasteiger partial charge in [0.2, 0.25) is 0 Å². The largest absolute Gasteiger partial charge is 0.378 e. The van der Waals surface area contributed by atoms with Crippen LogP contribution in [0.4, 0.5) is 0 Å². The summed E-state index contributed by atoms with van der Waals surface area (Å²) in [4.78, 5) is 7.90. The van der Waals surface area contributed by atoms with Crippen molar-refractivity contribution in [3.63, 3.8) is 0 Å². The van der Waals surface area contributed by atoms with Gasteiger partial charge in [0.15, 0.2) is 0 Å². The molecule has 1 aliphatic rings. The summed E-state index contributed by atoms with van der Waals surface area (Å²) in [6, 6.07) is 0. The van der Waals surface area contributed by atoms with Gasteiger partial charge in [-0.1, -0.05) is 19.1 Å². The highest BCUT2D eigenvalue weighted by Crippen LogP contribution is 2.41. The second-order valence-corrected chi connectivity index (χ2v) is 6.68. The molecule has 0 aliphatic heterocycles. The standard InChI is InChI=1S/C14H21BrN2O2S/c1-9-4-6-14(19-3,7-5-9)13-16-10(8-18-2)11(15)12(20)17-13/h9H,4-8H2,1-3H3,(H,16,17,20). The van der Waals surface area contributed by atoms with Gasteiger partial charge in [-0.15, -0.1) is 0 Å². The van der Waals surface area contributed by atoms with Crippen LogP contribution < -0.4 is 0 Å². The summed E-state index contributed by atoms with van der Waals surface area (Å²) in [5.41, 5.74) is 0.570. The molecule has 1 aromatic heterocycles. The van der Waals surface area contributed by atoms with E-state index in [1.54, 1.807) is 14.2 Å². The number of nitrogens with zero attached hydrogens (tertiary/aromatic N) is 1. The van der Waals surface area contributed by atoms with Crippen molar-refractivity contribution in [2.75, 3.05) is 14.2 Å². The molecule has 0 spiro atoms. The Kier molecular flexibility index (Phi) is 5.34. The Balaban J connectivity index is 2.42. The van der Waals surface area contributed by atoms with Crippen LogP contribution >= 0.6 is 28.1 Å². The van der Waals surface area contributed by atoms with Crippen LogP contribution in [0.2, 0.25) is 0 Å². The van der Waals surface area contributed by atoms with Gasteiger partial charge in [-0.3, -0.25) is 0 Å². The van der Waals surface area contributed by atoms with Gasteiger partial charge in [0.25, 0.3) is 0 Å². The van der Waals surface area contributed by atoms with E-state index in [0.717, 1.165) is 47.6 Å². The van der Waals surface area contributed by atoms with Crippen LogP contribution in [0.3, 0.4) is 0 Å². The minimum atomic E-state index is -0.344. The Morgan fingerprint density at radius 1 is 1.40 bits per heavy atom. The van der Waals surface area contributed by atoms with Crippen LogP contribution in [0.15, 0.2) is 4.47 Å². The van der Waals surface area contributed by atoms with E-state index in [4.69, 9.17) is 21.7 Å². The van der Waals surface area contributed by atoms with Gasteiger partial charge < -0.3 is 14.5 Å². The van der Waals surface area contributed by atoms with Crippen LogP contribution in [-0.4, -0.2) is 24.2 Å². The Morgan fingerprint density at radius 2 is 2.05 bits per heavy atom. The zero-order chi connectivity index (χ0) is 14.8. The van der Waals surface area contributed by atoms with Gasteiger partial charge >= 0.3 is 0 Å². The predicted molar refractivity (Wildman–Crippen MR) is 84.2 cm³/mol. The number of rotatable bonds is 4. The fourth-order valence-electron chi connectivity index (χ4n) is 2.73. The topological polar surface area (TPSA) is 47.1 Å². The van der Waals surface area contributed by atoms with Crippen LogP contribution in [0.1, 0.15) is 44.1 Å². The lowest BCUT2D eigenvalue weighted by atomic mass is 9.79. The second-order valence-electron chi connectivity index (χ2n) is 5.50. The molecule has 0 saturated heterocycles. The first kappa shape index (κ1) is 16.1. The molecular weight excluding hydrogens is 340 g/mol. The molecule has 1 heterocycles. The van der Waals surface area contributed by atoms with Crippen molar-refractivity contribution in [3.05, 3.63) is 20.6 Å². The third-order valence-electron chi connectivity index (χ3n) is 4.13. The fourth-order valence-corrected chi connectivity index (χ4v) is 3.25. The quantitative estimate of drug-likeness (QED) is 0.821. The van der Waals surface area contributed by atoms with Crippen molar-refractivity contribution < 1.29 is 9.47 Å². The summed E-state index contributed by atoms with van der Waals surface area (Å²) >= 11 is 8.81. The number of methoxy groups -OCH3 is 2. The number of H-pyrrole nitrogens is 1. The number of ether oxygens (including phenoxy) is 2. The number of nitrogens with one attached hydrogen (secondary N) is 1. The number of halogens is 1. The molecule has 0 unspecified atom stereocenters. The summed E-state index contributed by atoms with van der Waals surface area (Å²) in [5, 5.41) is 0. The summed E-state index contributed by atoms with van der Waals surface area (Å²) in [7, 11) is 3.42. The van der Waals surface area contributed by atoms with E-state index < -0.39 is 0 Å². The maximum absolute atomic E-state index is 5.84. The monoisotopic (exact) mass is 360 g/mol. The molecule has 20 heavy (non-hydrogen) atoms. The van der Waals surface area contributed by atoms with Gasteiger partial charge in [0.1, 0.15) is 16.1 Å². The van der Waals surface area contributed by atoms with Gasteiger partial charge in [0, 0.05) is 14.2 Å². The van der Waals surface area contributed by atoms with Crippen LogP contribution in [0.25, 0.3) is 0 Å². The average molecular weight is 361 g/mol. The number of hydrogen-bond acceptors (Lipinski definition) is 4. The number of aromatic nitrogens is 2. The van der Waals surface area contributed by atoms with Crippen molar-refractivity contribution in [2.45, 2.75) is 44.8 Å². The third-order valence-corrected chi connectivity index (χ3v) is 5.54. The first-order valence-electron chi connectivity index (χ1n) is 6.85. The maximum atomic E-state index is 5.84. The molecule has 1 aromatic rings. The highest BCUT2D eigenvalue weighted by Gasteiger charge is 2.38. The molecule has 4 nitrogen and oxygen atoms in total. The Morgan fingerprint density at radius 3 is 2.60 bits per heavy atom. The molecule has 0 radical (unpaired) electrons. The zero-order valence-electron chi connectivity index (χ0n) is 12.2. The van der Waals surface area contributed by atoms with E-state index in [1.807, 2.05) is 0 Å². The Labute approximate surface area is 133 Å². The highest BCUT2D eigenvalue weighted by molar-refractivity contribution is 9.10. The zero-order valence-corrected chi connectivity index (χ0v) is 14.6. The molecule has 2 rings (SSSR count). The third kappa shape index (κ3) is 3.13. The molecule has 0 bridgehead atoms. The Bertz CT molecular complexity index is 524. The molecular formula is C14H21BrN2O2S. The predicted octanol–water partition coefficient (Wildman–Crippen LogP) is 4.10. The van der Waals surface area contributed by atoms with Gasteiger partial charge in [0.05, 0.1) is 16.8 Å². The average Bonchev–Trinajstić information content (AvgIpc) is 2.45. The van der Waals surface area contributed by atoms with E-state index in [0.29, 0.717) is 11.2 Å². The first-order valence-corrected chi connectivity index (χ1v) is 8.06. The second kappa shape index (κ2) is 6.64. The van der Waals surface area contributed by atoms with Crippen LogP contribution in [0, 0.1) is 10.6 Å². The van der Waals surface area contributed by atoms with Crippen LogP contribution in [-0.2, 0) is 21.7 Å². The fraction of sp³-hybridized carbons (Fsp3) is 0.714. The molecule has 1 fully saturated rings. The molecule has 0 amide bonds. The molecule has 112 valence electrons. The van der Waals surface area contributed by atoms with Gasteiger partial charge in [-0.25, -0.2) is 4.98 Å². The van der Waals surface area contributed by atoms with Crippen molar-refractivity contribution in [1.29, 1.82) is 0 Å². The van der Waals surface area contributed by atoms with Crippen LogP contribution in [0.5, 0.6) is 0 Å². The highest BCUT2D eigenvalue weighted by atomic mass is 79.9. The van der Waals surface area contributed by atoms with Crippen molar-refractivity contribution >= 4 is 28.1 Å². The van der Waals surface area contributed by atoms with Crippen molar-refractivity contribution in [3.8, 4) is 0 Å². The normalized spacial score (nSPS) is 26.7. The van der Waals surface area contributed by atoms with Crippen molar-refractivity contribution in [1.82, 2.24) is 9.97 Å². The SMILES string of the molecule is COCc1[nH]c(C2(OC)CCC(C)CC2)nc(=S)c1Br. The van der Waals surface area contributed by atoms with E-state index in [9.17, 15) is 0 Å². The molecule has 6 heteroatoms. The lowest BCUT2D eigenvalue weighted by molar-refractivity contribution is -0.0601. The first-order chi connectivity index (χ1) is 9.52. The lowest BCUT2D eigenvalue weighted by Gasteiger charge is -2.37. The maximum Gasteiger partial charge on any atom is 0.144 e. The summed E-state index contributed by atoms with van der Waals surface area (Å²) in [6.45, 7) is 2.75. The Hall–Kier alpha value is -0.300. The minimum absolute atomic E-state index is 0.344. The van der Waals surface area contributed by atoms with E-state index in [2.05, 4.69) is 32.8 Å². The molecule has 1 N–H and O–H groups in total. The smallest absolute Gasteiger partial charge is 0.144 e. The molecule has 0 atom stereocenters. The summed E-state index contributed by atoms with van der Waals surface area (Å²) in [6.07, 6.45) is 4.23. The van der Waals surface area contributed by atoms with Crippen molar-refractivity contribution in [2.24, 2.45) is 5.92 Å².